The Bertz CT molecular complexity index is 317. The Balaban J connectivity index is 2.90. The Kier molecular flexibility index (Phi) is 2.42. The summed E-state index contributed by atoms with van der Waals surface area (Å²) in [6.45, 7) is 5.53. The predicted octanol–water partition coefficient (Wildman–Crippen LogP) is 0.294. The SMILES string of the molecule is Cc1nnc(NC(C)C)[nH]c1=O. The van der Waals surface area contributed by atoms with E-state index in [4.69, 9.17) is 0 Å². The molecule has 12 heavy (non-hydrogen) atoms. The monoisotopic (exact) mass is 168 g/mol. The molecule has 0 radical (unpaired) electrons. The van der Waals surface area contributed by atoms with Gasteiger partial charge in [-0.05, 0) is 20.8 Å². The van der Waals surface area contributed by atoms with Gasteiger partial charge in [0.2, 0.25) is 5.95 Å². The Labute approximate surface area is 70.2 Å². The van der Waals surface area contributed by atoms with Gasteiger partial charge in [-0.15, -0.1) is 10.2 Å². The van der Waals surface area contributed by atoms with Crippen LogP contribution in [0.1, 0.15) is 19.5 Å². The molecule has 5 heteroatoms. The van der Waals surface area contributed by atoms with E-state index in [1.54, 1.807) is 6.92 Å². The van der Waals surface area contributed by atoms with Crippen molar-refractivity contribution in [2.24, 2.45) is 0 Å². The Morgan fingerprint density at radius 1 is 1.42 bits per heavy atom. The number of H-pyrrole nitrogens is 1. The number of hydrogen-bond donors (Lipinski definition) is 2. The summed E-state index contributed by atoms with van der Waals surface area (Å²) in [5.41, 5.74) is 0.178. The molecule has 0 spiro atoms. The molecule has 1 aromatic rings. The molecule has 0 aromatic carbocycles. The van der Waals surface area contributed by atoms with E-state index in [1.165, 1.54) is 0 Å². The van der Waals surface area contributed by atoms with Crippen LogP contribution in [0.25, 0.3) is 0 Å². The lowest BCUT2D eigenvalue weighted by molar-refractivity contribution is 0.830. The molecule has 0 aliphatic rings. The zero-order valence-corrected chi connectivity index (χ0v) is 7.38. The van der Waals surface area contributed by atoms with Crippen LogP contribution in [0.4, 0.5) is 5.95 Å². The summed E-state index contributed by atoms with van der Waals surface area (Å²) < 4.78 is 0. The molecule has 0 atom stereocenters. The summed E-state index contributed by atoms with van der Waals surface area (Å²) in [6.07, 6.45) is 0. The van der Waals surface area contributed by atoms with Crippen molar-refractivity contribution in [1.29, 1.82) is 0 Å². The highest BCUT2D eigenvalue weighted by atomic mass is 16.1. The molecule has 0 saturated heterocycles. The minimum atomic E-state index is -0.201. The van der Waals surface area contributed by atoms with Gasteiger partial charge in [0.1, 0.15) is 5.69 Å². The molecule has 1 rings (SSSR count). The molecule has 2 N–H and O–H groups in total. The molecule has 0 fully saturated rings. The van der Waals surface area contributed by atoms with Crippen molar-refractivity contribution in [3.63, 3.8) is 0 Å². The van der Waals surface area contributed by atoms with E-state index in [1.807, 2.05) is 13.8 Å². The van der Waals surface area contributed by atoms with E-state index in [2.05, 4.69) is 20.5 Å². The van der Waals surface area contributed by atoms with Crippen molar-refractivity contribution < 1.29 is 0 Å². The first-order valence-corrected chi connectivity index (χ1v) is 3.79. The van der Waals surface area contributed by atoms with Gasteiger partial charge in [0, 0.05) is 6.04 Å². The van der Waals surface area contributed by atoms with Crippen molar-refractivity contribution in [3.8, 4) is 0 Å². The minimum Gasteiger partial charge on any atom is -0.352 e. The smallest absolute Gasteiger partial charge is 0.273 e. The first-order chi connectivity index (χ1) is 5.59. The standard InChI is InChI=1S/C7H12N4O/c1-4(2)8-7-9-6(12)5(3)10-11-7/h4H,1-3H3,(H2,8,9,11,12). The van der Waals surface area contributed by atoms with Gasteiger partial charge in [-0.2, -0.15) is 0 Å². The lowest BCUT2D eigenvalue weighted by Crippen LogP contribution is -2.20. The number of aromatic amines is 1. The van der Waals surface area contributed by atoms with Crippen LogP contribution in [-0.4, -0.2) is 21.2 Å². The Morgan fingerprint density at radius 3 is 2.58 bits per heavy atom. The highest BCUT2D eigenvalue weighted by molar-refractivity contribution is 5.22. The highest BCUT2D eigenvalue weighted by Gasteiger charge is 1.99. The highest BCUT2D eigenvalue weighted by Crippen LogP contribution is 1.93. The number of rotatable bonds is 2. The van der Waals surface area contributed by atoms with Gasteiger partial charge in [-0.25, -0.2) is 0 Å². The summed E-state index contributed by atoms with van der Waals surface area (Å²) in [5.74, 6) is 0.417. The summed E-state index contributed by atoms with van der Waals surface area (Å²) >= 11 is 0. The van der Waals surface area contributed by atoms with E-state index in [9.17, 15) is 4.79 Å². The Morgan fingerprint density at radius 2 is 2.08 bits per heavy atom. The lowest BCUT2D eigenvalue weighted by atomic mass is 10.4. The molecule has 0 aliphatic carbocycles. The van der Waals surface area contributed by atoms with Crippen LogP contribution in [0.15, 0.2) is 4.79 Å². The number of hydrogen-bond acceptors (Lipinski definition) is 4. The molecule has 1 aromatic heterocycles. The van der Waals surface area contributed by atoms with Crippen LogP contribution >= 0.6 is 0 Å². The van der Waals surface area contributed by atoms with Crippen molar-refractivity contribution in [1.82, 2.24) is 15.2 Å². The summed E-state index contributed by atoms with van der Waals surface area (Å²) in [4.78, 5) is 13.6. The van der Waals surface area contributed by atoms with E-state index in [0.717, 1.165) is 0 Å². The molecule has 66 valence electrons. The molecule has 0 amide bonds. The molecule has 0 saturated carbocycles. The number of nitrogens with zero attached hydrogens (tertiary/aromatic N) is 2. The molecular formula is C7H12N4O. The van der Waals surface area contributed by atoms with E-state index in [0.29, 0.717) is 11.6 Å². The Hall–Kier alpha value is -1.39. The number of anilines is 1. The second kappa shape index (κ2) is 3.34. The van der Waals surface area contributed by atoms with Crippen LogP contribution in [0.2, 0.25) is 0 Å². The third-order valence-corrected chi connectivity index (χ3v) is 1.29. The third-order valence-electron chi connectivity index (χ3n) is 1.29. The second-order valence-corrected chi connectivity index (χ2v) is 2.89. The number of aryl methyl sites for hydroxylation is 1. The zero-order valence-electron chi connectivity index (χ0n) is 7.38. The van der Waals surface area contributed by atoms with Gasteiger partial charge in [0.15, 0.2) is 0 Å². The van der Waals surface area contributed by atoms with E-state index >= 15 is 0 Å². The summed E-state index contributed by atoms with van der Waals surface area (Å²) in [6, 6.07) is 0.234. The summed E-state index contributed by atoms with van der Waals surface area (Å²) in [7, 11) is 0. The van der Waals surface area contributed by atoms with Crippen molar-refractivity contribution in [3.05, 3.63) is 16.0 Å². The molecule has 0 unspecified atom stereocenters. The minimum absolute atomic E-state index is 0.201. The maximum Gasteiger partial charge on any atom is 0.273 e. The van der Waals surface area contributed by atoms with Crippen LogP contribution in [0, 0.1) is 6.92 Å². The fraction of sp³-hybridized carbons (Fsp3) is 0.571. The number of nitrogens with one attached hydrogen (secondary N) is 2. The van der Waals surface area contributed by atoms with Crippen LogP contribution in [-0.2, 0) is 0 Å². The molecular weight excluding hydrogens is 156 g/mol. The first kappa shape index (κ1) is 8.70. The molecule has 0 aliphatic heterocycles. The van der Waals surface area contributed by atoms with Crippen LogP contribution < -0.4 is 10.9 Å². The topological polar surface area (TPSA) is 70.7 Å². The van der Waals surface area contributed by atoms with E-state index in [-0.39, 0.29) is 11.6 Å². The van der Waals surface area contributed by atoms with Gasteiger partial charge in [-0.3, -0.25) is 9.78 Å². The van der Waals surface area contributed by atoms with Crippen LogP contribution in [0.3, 0.4) is 0 Å². The fourth-order valence-electron chi connectivity index (χ4n) is 0.732. The second-order valence-electron chi connectivity index (χ2n) is 2.89. The van der Waals surface area contributed by atoms with Gasteiger partial charge in [0.05, 0.1) is 0 Å². The van der Waals surface area contributed by atoms with Crippen LogP contribution in [0.5, 0.6) is 0 Å². The average Bonchev–Trinajstić information content (AvgIpc) is 1.96. The molecule has 1 heterocycles. The van der Waals surface area contributed by atoms with Crippen molar-refractivity contribution >= 4 is 5.95 Å². The number of aromatic nitrogens is 3. The largest absolute Gasteiger partial charge is 0.352 e. The first-order valence-electron chi connectivity index (χ1n) is 3.79. The van der Waals surface area contributed by atoms with Crippen molar-refractivity contribution in [2.45, 2.75) is 26.8 Å². The van der Waals surface area contributed by atoms with Crippen molar-refractivity contribution in [2.75, 3.05) is 5.32 Å². The van der Waals surface area contributed by atoms with E-state index < -0.39 is 0 Å². The summed E-state index contributed by atoms with van der Waals surface area (Å²) in [5, 5.41) is 10.4. The van der Waals surface area contributed by atoms with Gasteiger partial charge < -0.3 is 5.32 Å². The molecule has 0 bridgehead atoms. The fourth-order valence-corrected chi connectivity index (χ4v) is 0.732. The predicted molar refractivity (Wildman–Crippen MR) is 46.1 cm³/mol. The van der Waals surface area contributed by atoms with Gasteiger partial charge in [0.25, 0.3) is 5.56 Å². The third kappa shape index (κ3) is 2.05. The average molecular weight is 168 g/mol. The quantitative estimate of drug-likeness (QED) is 0.666. The zero-order chi connectivity index (χ0) is 9.14. The lowest BCUT2D eigenvalue weighted by Gasteiger charge is -2.06. The van der Waals surface area contributed by atoms with Gasteiger partial charge in [-0.1, -0.05) is 0 Å². The normalized spacial score (nSPS) is 10.3. The maximum atomic E-state index is 11.0. The molecule has 5 nitrogen and oxygen atoms in total. The van der Waals surface area contributed by atoms with Gasteiger partial charge >= 0.3 is 0 Å². The maximum absolute atomic E-state index is 11.0.